The molecule has 1 aliphatic heterocycles. The summed E-state index contributed by atoms with van der Waals surface area (Å²) in [6, 6.07) is 3.48. The summed E-state index contributed by atoms with van der Waals surface area (Å²) >= 11 is 0. The molecule has 0 atom stereocenters. The number of anilines is 1. The van der Waals surface area contributed by atoms with Crippen LogP contribution >= 0.6 is 0 Å². The van der Waals surface area contributed by atoms with Gasteiger partial charge in [0.15, 0.2) is 0 Å². The van der Waals surface area contributed by atoms with Crippen LogP contribution in [0.4, 0.5) is 5.82 Å². The fourth-order valence-electron chi connectivity index (χ4n) is 2.64. The molecule has 1 aromatic heterocycles. The number of aromatic nitrogens is 1. The van der Waals surface area contributed by atoms with E-state index in [4.69, 9.17) is 10.8 Å². The third-order valence-electron chi connectivity index (χ3n) is 3.80. The molecule has 6 heteroatoms. The molecule has 1 amide bonds. The van der Waals surface area contributed by atoms with Gasteiger partial charge in [-0.3, -0.25) is 9.69 Å². The minimum Gasteiger partial charge on any atom is -0.395 e. The van der Waals surface area contributed by atoms with Gasteiger partial charge in [-0.2, -0.15) is 0 Å². The Hall–Kier alpha value is -1.66. The summed E-state index contributed by atoms with van der Waals surface area (Å²) in [5.74, 6) is 0.416. The van der Waals surface area contributed by atoms with E-state index in [0.29, 0.717) is 24.5 Å². The molecular weight excluding hydrogens is 268 g/mol. The summed E-state index contributed by atoms with van der Waals surface area (Å²) in [7, 11) is 0. The predicted molar refractivity (Wildman–Crippen MR) is 82.1 cm³/mol. The molecule has 2 heterocycles. The molecule has 1 aromatic rings. The number of aliphatic hydroxyl groups excluding tert-OH is 1. The van der Waals surface area contributed by atoms with Crippen molar-refractivity contribution >= 4 is 11.7 Å². The lowest BCUT2D eigenvalue weighted by atomic mass is 10.1. The first kappa shape index (κ1) is 15.7. The molecule has 21 heavy (non-hydrogen) atoms. The van der Waals surface area contributed by atoms with Crippen LogP contribution in [0, 0.1) is 0 Å². The molecule has 1 saturated heterocycles. The fraction of sp³-hybridized carbons (Fsp3) is 0.600. The molecule has 0 unspecified atom stereocenters. The first-order valence-corrected chi connectivity index (χ1v) is 7.53. The molecule has 0 radical (unpaired) electrons. The van der Waals surface area contributed by atoms with Crippen LogP contribution in [-0.4, -0.2) is 65.1 Å². The number of rotatable bonds is 4. The Morgan fingerprint density at radius 1 is 1.33 bits per heavy atom. The van der Waals surface area contributed by atoms with Gasteiger partial charge in [0.2, 0.25) is 0 Å². The Labute approximate surface area is 125 Å². The van der Waals surface area contributed by atoms with Crippen LogP contribution in [0.5, 0.6) is 0 Å². The van der Waals surface area contributed by atoms with Gasteiger partial charge in [0.25, 0.3) is 5.91 Å². The number of nitrogens with zero attached hydrogens (tertiary/aromatic N) is 3. The molecular formula is C15H24N4O2. The minimum atomic E-state index is 0.0182. The van der Waals surface area contributed by atoms with Gasteiger partial charge in [-0.15, -0.1) is 0 Å². The van der Waals surface area contributed by atoms with Crippen molar-refractivity contribution < 1.29 is 9.90 Å². The van der Waals surface area contributed by atoms with Crippen molar-refractivity contribution in [2.24, 2.45) is 0 Å². The van der Waals surface area contributed by atoms with Crippen molar-refractivity contribution in [2.75, 3.05) is 45.1 Å². The highest BCUT2D eigenvalue weighted by atomic mass is 16.3. The normalized spacial score (nSPS) is 16.8. The lowest BCUT2D eigenvalue weighted by Crippen LogP contribution is -2.36. The van der Waals surface area contributed by atoms with E-state index in [2.05, 4.69) is 9.88 Å². The lowest BCUT2D eigenvalue weighted by molar-refractivity contribution is 0.0760. The first-order chi connectivity index (χ1) is 10.1. The van der Waals surface area contributed by atoms with Crippen molar-refractivity contribution in [1.29, 1.82) is 0 Å². The summed E-state index contributed by atoms with van der Waals surface area (Å²) in [6.45, 7) is 5.97. The number of carbonyl (C=O) groups is 1. The number of pyridine rings is 1. The highest BCUT2D eigenvalue weighted by molar-refractivity contribution is 5.95. The van der Waals surface area contributed by atoms with Crippen molar-refractivity contribution in [3.8, 4) is 0 Å². The Bertz CT molecular complexity index is 493. The predicted octanol–water partition coefficient (Wildman–Crippen LogP) is 0.366. The Kier molecular flexibility index (Phi) is 5.52. The van der Waals surface area contributed by atoms with Gasteiger partial charge in [0.1, 0.15) is 5.82 Å². The standard InChI is InChI=1S/C15H24N4O2/c1-2-13-10-12(11-14(16)17-13)15(21)19-5-3-4-18(6-7-19)8-9-20/h10-11,20H,2-9H2,1H3,(H2,16,17). The van der Waals surface area contributed by atoms with Gasteiger partial charge in [0, 0.05) is 37.4 Å². The Balaban J connectivity index is 2.07. The Morgan fingerprint density at radius 3 is 2.86 bits per heavy atom. The van der Waals surface area contributed by atoms with Gasteiger partial charge in [-0.1, -0.05) is 6.92 Å². The van der Waals surface area contributed by atoms with E-state index in [0.717, 1.165) is 38.2 Å². The monoisotopic (exact) mass is 292 g/mol. The number of nitrogens with two attached hydrogens (primary N) is 1. The number of hydrogen-bond donors (Lipinski definition) is 2. The minimum absolute atomic E-state index is 0.0182. The zero-order valence-electron chi connectivity index (χ0n) is 12.6. The first-order valence-electron chi connectivity index (χ1n) is 7.53. The van der Waals surface area contributed by atoms with Crippen molar-refractivity contribution in [1.82, 2.24) is 14.8 Å². The highest BCUT2D eigenvalue weighted by Gasteiger charge is 2.20. The second-order valence-corrected chi connectivity index (χ2v) is 5.34. The topological polar surface area (TPSA) is 82.7 Å². The molecule has 116 valence electrons. The summed E-state index contributed by atoms with van der Waals surface area (Å²) in [6.07, 6.45) is 1.68. The molecule has 0 bridgehead atoms. The highest BCUT2D eigenvalue weighted by Crippen LogP contribution is 2.13. The van der Waals surface area contributed by atoms with Crippen LogP contribution in [-0.2, 0) is 6.42 Å². The van der Waals surface area contributed by atoms with Crippen molar-refractivity contribution in [3.63, 3.8) is 0 Å². The lowest BCUT2D eigenvalue weighted by Gasteiger charge is -2.22. The van der Waals surface area contributed by atoms with Crippen molar-refractivity contribution in [2.45, 2.75) is 19.8 Å². The quantitative estimate of drug-likeness (QED) is 0.837. The number of hydrogen-bond acceptors (Lipinski definition) is 5. The number of nitrogen functional groups attached to an aromatic ring is 1. The summed E-state index contributed by atoms with van der Waals surface area (Å²) in [5, 5.41) is 9.01. The number of aliphatic hydroxyl groups is 1. The van der Waals surface area contributed by atoms with E-state index in [1.165, 1.54) is 0 Å². The third-order valence-corrected chi connectivity index (χ3v) is 3.80. The molecule has 3 N–H and O–H groups in total. The summed E-state index contributed by atoms with van der Waals surface area (Å²) in [4.78, 5) is 20.9. The Morgan fingerprint density at radius 2 is 2.14 bits per heavy atom. The van der Waals surface area contributed by atoms with E-state index in [1.54, 1.807) is 6.07 Å². The maximum atomic E-state index is 12.6. The van der Waals surface area contributed by atoms with Crippen LogP contribution in [0.3, 0.4) is 0 Å². The average Bonchev–Trinajstić information content (AvgIpc) is 2.72. The molecule has 0 spiro atoms. The third kappa shape index (κ3) is 4.15. The van der Waals surface area contributed by atoms with Gasteiger partial charge in [-0.25, -0.2) is 4.98 Å². The van der Waals surface area contributed by atoms with E-state index >= 15 is 0 Å². The maximum Gasteiger partial charge on any atom is 0.254 e. The van der Waals surface area contributed by atoms with Gasteiger partial charge in [-0.05, 0) is 31.5 Å². The van der Waals surface area contributed by atoms with Gasteiger partial charge in [0.05, 0.1) is 6.61 Å². The number of β-amino-alcohol motifs (C(OH)–C–C–N with tert-alkyl or cyclic N) is 1. The molecule has 0 aliphatic carbocycles. The van der Waals surface area contributed by atoms with Gasteiger partial charge < -0.3 is 15.7 Å². The molecule has 0 aromatic carbocycles. The zero-order valence-corrected chi connectivity index (χ0v) is 12.6. The van der Waals surface area contributed by atoms with Crippen LogP contribution in [0.15, 0.2) is 12.1 Å². The van der Waals surface area contributed by atoms with Gasteiger partial charge >= 0.3 is 0 Å². The van der Waals surface area contributed by atoms with Crippen LogP contribution in [0.2, 0.25) is 0 Å². The van der Waals surface area contributed by atoms with Crippen molar-refractivity contribution in [3.05, 3.63) is 23.4 Å². The van der Waals surface area contributed by atoms with Crippen LogP contribution in [0.25, 0.3) is 0 Å². The number of amides is 1. The van der Waals surface area contributed by atoms with Crippen LogP contribution < -0.4 is 5.73 Å². The SMILES string of the molecule is CCc1cc(C(=O)N2CCCN(CCO)CC2)cc(N)n1. The summed E-state index contributed by atoms with van der Waals surface area (Å²) in [5.41, 5.74) is 7.24. The molecule has 6 nitrogen and oxygen atoms in total. The molecule has 1 fully saturated rings. The molecule has 1 aliphatic rings. The second-order valence-electron chi connectivity index (χ2n) is 5.34. The molecule has 0 saturated carbocycles. The summed E-state index contributed by atoms with van der Waals surface area (Å²) < 4.78 is 0. The number of carbonyl (C=O) groups excluding carboxylic acids is 1. The zero-order chi connectivity index (χ0) is 15.2. The second kappa shape index (κ2) is 7.38. The average molecular weight is 292 g/mol. The molecule has 2 rings (SSSR count). The maximum absolute atomic E-state index is 12.6. The number of aryl methyl sites for hydroxylation is 1. The largest absolute Gasteiger partial charge is 0.395 e. The van der Waals surface area contributed by atoms with E-state index in [-0.39, 0.29) is 12.5 Å². The fourth-order valence-corrected chi connectivity index (χ4v) is 2.64. The van der Waals surface area contributed by atoms with E-state index in [9.17, 15) is 4.79 Å². The van der Waals surface area contributed by atoms with E-state index in [1.807, 2.05) is 17.9 Å². The smallest absolute Gasteiger partial charge is 0.254 e. The van der Waals surface area contributed by atoms with E-state index < -0.39 is 0 Å². The van der Waals surface area contributed by atoms with Crippen LogP contribution in [0.1, 0.15) is 29.4 Å².